The fraction of sp³-hybridized carbons (Fsp3) is 0.409. The van der Waals surface area contributed by atoms with E-state index in [0.717, 1.165) is 45.3 Å². The second-order valence-corrected chi connectivity index (χ2v) is 8.18. The molecule has 0 bridgehead atoms. The van der Waals surface area contributed by atoms with Crippen LogP contribution in [0, 0.1) is 0 Å². The molecular formula is C22H25NO3S. The number of hydrogen-bond donors (Lipinski definition) is 1. The molecule has 1 aromatic heterocycles. The van der Waals surface area contributed by atoms with Gasteiger partial charge in [-0.2, -0.15) is 0 Å². The van der Waals surface area contributed by atoms with Crippen LogP contribution in [0.15, 0.2) is 41.3 Å². The van der Waals surface area contributed by atoms with Gasteiger partial charge in [-0.25, -0.2) is 4.79 Å². The molecular weight excluding hydrogens is 358 g/mol. The van der Waals surface area contributed by atoms with Crippen molar-refractivity contribution in [2.75, 3.05) is 32.8 Å². The average molecular weight is 384 g/mol. The van der Waals surface area contributed by atoms with Crippen molar-refractivity contribution >= 4 is 22.9 Å². The summed E-state index contributed by atoms with van der Waals surface area (Å²) in [5, 5.41) is 10.9. The fourth-order valence-corrected chi connectivity index (χ4v) is 5.05. The summed E-state index contributed by atoms with van der Waals surface area (Å²) in [4.78, 5) is 14.4. The number of likely N-dealkylation sites (tertiary alicyclic amines) is 1. The van der Waals surface area contributed by atoms with Crippen LogP contribution in [0.25, 0.3) is 5.57 Å². The lowest BCUT2D eigenvalue weighted by Crippen LogP contribution is -2.34. The van der Waals surface area contributed by atoms with Gasteiger partial charge in [0.2, 0.25) is 0 Å². The lowest BCUT2D eigenvalue weighted by molar-refractivity contribution is -0.142. The minimum Gasteiger partial charge on any atom is -0.480 e. The summed E-state index contributed by atoms with van der Waals surface area (Å²) in [6, 6.07) is 11.2. The molecule has 1 N–H and O–H groups in total. The molecule has 142 valence electrons. The molecule has 4 rings (SSSR count). The number of carbonyl (C=O) groups is 1. The maximum Gasteiger partial charge on any atom is 0.329 e. The van der Waals surface area contributed by atoms with Gasteiger partial charge in [-0.3, -0.25) is 0 Å². The van der Waals surface area contributed by atoms with Crippen LogP contribution in [0.5, 0.6) is 0 Å². The minimum absolute atomic E-state index is 0.207. The molecule has 4 nitrogen and oxygen atoms in total. The predicted molar refractivity (Wildman–Crippen MR) is 108 cm³/mol. The van der Waals surface area contributed by atoms with E-state index >= 15 is 0 Å². The third kappa shape index (κ3) is 4.15. The molecule has 27 heavy (non-hydrogen) atoms. The van der Waals surface area contributed by atoms with Crippen molar-refractivity contribution in [2.24, 2.45) is 0 Å². The highest BCUT2D eigenvalue weighted by atomic mass is 32.1. The summed E-state index contributed by atoms with van der Waals surface area (Å²) in [6.07, 6.45) is 4.39. The van der Waals surface area contributed by atoms with Crippen LogP contribution in [0.1, 0.15) is 34.4 Å². The smallest absolute Gasteiger partial charge is 0.329 e. The van der Waals surface area contributed by atoms with Gasteiger partial charge < -0.3 is 14.7 Å². The Hall–Kier alpha value is -1.95. The lowest BCUT2D eigenvalue weighted by atomic mass is 9.87. The van der Waals surface area contributed by atoms with Crippen LogP contribution in [0.2, 0.25) is 0 Å². The fourth-order valence-electron chi connectivity index (χ4n) is 4.16. The van der Waals surface area contributed by atoms with Crippen molar-refractivity contribution in [3.63, 3.8) is 0 Å². The van der Waals surface area contributed by atoms with Gasteiger partial charge >= 0.3 is 5.97 Å². The van der Waals surface area contributed by atoms with Crippen molar-refractivity contribution in [2.45, 2.75) is 25.7 Å². The van der Waals surface area contributed by atoms with E-state index in [1.807, 2.05) is 11.3 Å². The Balaban J connectivity index is 1.52. The third-order valence-corrected chi connectivity index (χ3v) is 6.49. The molecule has 0 spiro atoms. The van der Waals surface area contributed by atoms with Gasteiger partial charge in [0.1, 0.15) is 6.61 Å². The SMILES string of the molecule is O=C(O)COCCN1CCC(=C2c3ccccc3CCc3sccc32)CC1. The number of nitrogens with zero attached hydrogens (tertiary/aromatic N) is 1. The van der Waals surface area contributed by atoms with Crippen LogP contribution >= 0.6 is 11.3 Å². The van der Waals surface area contributed by atoms with Crippen LogP contribution in [-0.2, 0) is 22.4 Å². The van der Waals surface area contributed by atoms with Gasteiger partial charge in [-0.05, 0) is 59.4 Å². The van der Waals surface area contributed by atoms with Crippen molar-refractivity contribution in [1.82, 2.24) is 4.90 Å². The standard InChI is InChI=1S/C22H25NO3S/c24-21(25)15-26-13-12-23-10-7-17(8-11-23)22-18-4-2-1-3-16(18)5-6-20-19(22)9-14-27-20/h1-4,9,14H,5-8,10-13,15H2,(H,24,25). The predicted octanol–water partition coefficient (Wildman–Crippen LogP) is 3.85. The Morgan fingerprint density at radius 3 is 2.70 bits per heavy atom. The van der Waals surface area contributed by atoms with Crippen LogP contribution in [-0.4, -0.2) is 48.8 Å². The molecule has 0 saturated carbocycles. The monoisotopic (exact) mass is 383 g/mol. The lowest BCUT2D eigenvalue weighted by Gasteiger charge is -2.30. The molecule has 1 aliphatic heterocycles. The Kier molecular flexibility index (Phi) is 5.72. The van der Waals surface area contributed by atoms with E-state index < -0.39 is 5.97 Å². The number of carboxylic acid groups (broad SMARTS) is 1. The van der Waals surface area contributed by atoms with Crippen LogP contribution in [0.3, 0.4) is 0 Å². The number of benzene rings is 1. The van der Waals surface area contributed by atoms with Gasteiger partial charge in [0.15, 0.2) is 0 Å². The van der Waals surface area contributed by atoms with E-state index in [1.54, 1.807) is 5.57 Å². The summed E-state index contributed by atoms with van der Waals surface area (Å²) < 4.78 is 5.19. The van der Waals surface area contributed by atoms with E-state index in [9.17, 15) is 4.79 Å². The minimum atomic E-state index is -0.903. The van der Waals surface area contributed by atoms with Gasteiger partial charge in [-0.15, -0.1) is 11.3 Å². The van der Waals surface area contributed by atoms with Crippen molar-refractivity contribution in [1.29, 1.82) is 0 Å². The van der Waals surface area contributed by atoms with Crippen molar-refractivity contribution in [3.8, 4) is 0 Å². The van der Waals surface area contributed by atoms with Gasteiger partial charge in [-0.1, -0.05) is 29.8 Å². The number of hydrogen-bond acceptors (Lipinski definition) is 4. The molecule has 1 fully saturated rings. The van der Waals surface area contributed by atoms with Crippen molar-refractivity contribution in [3.05, 3.63) is 62.9 Å². The molecule has 2 aromatic rings. The first-order valence-electron chi connectivity index (χ1n) is 9.61. The van der Waals surface area contributed by atoms with E-state index in [0.29, 0.717) is 6.61 Å². The molecule has 2 aliphatic rings. The number of carboxylic acids is 1. The van der Waals surface area contributed by atoms with E-state index in [-0.39, 0.29) is 6.61 Å². The molecule has 1 aromatic carbocycles. The Bertz CT molecular complexity index is 845. The number of aryl methyl sites for hydroxylation is 2. The zero-order valence-corrected chi connectivity index (χ0v) is 16.3. The number of rotatable bonds is 5. The first-order valence-corrected chi connectivity index (χ1v) is 10.5. The second kappa shape index (κ2) is 8.38. The largest absolute Gasteiger partial charge is 0.480 e. The van der Waals surface area contributed by atoms with Crippen molar-refractivity contribution < 1.29 is 14.6 Å². The van der Waals surface area contributed by atoms with Gasteiger partial charge in [0.05, 0.1) is 6.61 Å². The first kappa shape index (κ1) is 18.4. The number of ether oxygens (including phenoxy) is 1. The Morgan fingerprint density at radius 2 is 1.89 bits per heavy atom. The molecule has 1 aliphatic carbocycles. The van der Waals surface area contributed by atoms with Crippen LogP contribution < -0.4 is 0 Å². The molecule has 0 amide bonds. The van der Waals surface area contributed by atoms with E-state index in [1.165, 1.54) is 27.1 Å². The van der Waals surface area contributed by atoms with E-state index in [2.05, 4.69) is 40.6 Å². The summed E-state index contributed by atoms with van der Waals surface area (Å²) in [6.45, 7) is 3.10. The molecule has 0 atom stereocenters. The van der Waals surface area contributed by atoms with Crippen LogP contribution in [0.4, 0.5) is 0 Å². The second-order valence-electron chi connectivity index (χ2n) is 7.18. The topological polar surface area (TPSA) is 49.8 Å². The molecule has 2 heterocycles. The Labute approximate surface area is 164 Å². The normalized spacial score (nSPS) is 17.3. The third-order valence-electron chi connectivity index (χ3n) is 5.51. The van der Waals surface area contributed by atoms with Gasteiger partial charge in [0, 0.05) is 24.5 Å². The highest BCUT2D eigenvalue weighted by Gasteiger charge is 2.24. The highest BCUT2D eigenvalue weighted by Crippen LogP contribution is 2.40. The first-order chi connectivity index (χ1) is 13.2. The molecule has 5 heteroatoms. The molecule has 0 unspecified atom stereocenters. The average Bonchev–Trinajstić information content (AvgIpc) is 3.08. The van der Waals surface area contributed by atoms with Gasteiger partial charge in [0.25, 0.3) is 0 Å². The summed E-state index contributed by atoms with van der Waals surface area (Å²) in [7, 11) is 0. The molecule has 0 radical (unpaired) electrons. The van der Waals surface area contributed by atoms with E-state index in [4.69, 9.17) is 9.84 Å². The number of aliphatic carboxylic acids is 1. The summed E-state index contributed by atoms with van der Waals surface area (Å²) in [5.41, 5.74) is 7.36. The maximum absolute atomic E-state index is 10.5. The zero-order chi connectivity index (χ0) is 18.6. The quantitative estimate of drug-likeness (QED) is 0.797. The summed E-state index contributed by atoms with van der Waals surface area (Å²) >= 11 is 1.88. The number of piperidine rings is 1. The highest BCUT2D eigenvalue weighted by molar-refractivity contribution is 7.10. The maximum atomic E-state index is 10.5. The number of fused-ring (bicyclic) bond motifs is 2. The Morgan fingerprint density at radius 1 is 1.07 bits per heavy atom. The number of thiophene rings is 1. The zero-order valence-electron chi connectivity index (χ0n) is 15.4. The molecule has 1 saturated heterocycles. The summed E-state index contributed by atoms with van der Waals surface area (Å²) in [5.74, 6) is -0.903.